The monoisotopic (exact) mass is 405 g/mol. The van der Waals surface area contributed by atoms with E-state index in [0.29, 0.717) is 15.8 Å². The van der Waals surface area contributed by atoms with Crippen LogP contribution in [0.3, 0.4) is 0 Å². The second kappa shape index (κ2) is 7.04. The minimum atomic E-state index is -0.947. The Balaban J connectivity index is 1.30. The number of nitrogens with one attached hydrogen (secondary N) is 1. The molecule has 0 aliphatic heterocycles. The predicted octanol–water partition coefficient (Wildman–Crippen LogP) is 5.68. The van der Waals surface area contributed by atoms with Gasteiger partial charge in [0.05, 0.1) is 5.00 Å². The lowest BCUT2D eigenvalue weighted by Gasteiger charge is -2.14. The SMILES string of the molecule is O=C(Nc1cc(C2CC2)c(C(=O)O)s1)OCC1c2ccccc2-c2ccccc21. The first-order chi connectivity index (χ1) is 14.1. The van der Waals surface area contributed by atoms with Crippen LogP contribution in [0.4, 0.5) is 9.80 Å². The van der Waals surface area contributed by atoms with Crippen molar-refractivity contribution in [2.45, 2.75) is 24.7 Å². The number of thiophene rings is 1. The minimum Gasteiger partial charge on any atom is -0.477 e. The molecule has 6 heteroatoms. The average Bonchev–Trinajstić information content (AvgIpc) is 3.40. The number of amides is 1. The summed E-state index contributed by atoms with van der Waals surface area (Å²) in [5.41, 5.74) is 5.48. The standard InChI is InChI=1S/C23H19NO4S/c25-22(26)21-18(13-9-10-13)11-20(29-21)24-23(27)28-12-19-16-7-3-1-5-14(16)15-6-2-4-8-17(15)19/h1-8,11,13,19H,9-10,12H2,(H,24,27)(H,25,26). The van der Waals surface area contributed by atoms with E-state index < -0.39 is 12.1 Å². The molecule has 0 unspecified atom stereocenters. The lowest BCUT2D eigenvalue weighted by atomic mass is 9.98. The van der Waals surface area contributed by atoms with Gasteiger partial charge in [0.25, 0.3) is 0 Å². The van der Waals surface area contributed by atoms with Crippen LogP contribution in [0.1, 0.15) is 51.0 Å². The lowest BCUT2D eigenvalue weighted by Crippen LogP contribution is -2.17. The van der Waals surface area contributed by atoms with Gasteiger partial charge < -0.3 is 9.84 Å². The zero-order valence-corrected chi connectivity index (χ0v) is 16.4. The zero-order valence-electron chi connectivity index (χ0n) is 15.6. The molecule has 1 amide bonds. The molecule has 2 aromatic carbocycles. The van der Waals surface area contributed by atoms with E-state index in [1.54, 1.807) is 6.07 Å². The molecule has 1 aromatic heterocycles. The molecule has 0 spiro atoms. The van der Waals surface area contributed by atoms with Crippen LogP contribution in [0.5, 0.6) is 0 Å². The number of ether oxygens (including phenoxy) is 1. The molecule has 2 aliphatic rings. The van der Waals surface area contributed by atoms with E-state index in [0.717, 1.165) is 40.9 Å². The molecule has 5 rings (SSSR count). The number of carbonyl (C=O) groups is 2. The van der Waals surface area contributed by atoms with E-state index in [2.05, 4.69) is 29.6 Å². The fourth-order valence-electron chi connectivity index (χ4n) is 4.07. The molecule has 1 fully saturated rings. The Morgan fingerprint density at radius 3 is 2.21 bits per heavy atom. The van der Waals surface area contributed by atoms with Gasteiger partial charge in [0, 0.05) is 5.92 Å². The average molecular weight is 405 g/mol. The number of carboxylic acid groups (broad SMARTS) is 1. The van der Waals surface area contributed by atoms with Crippen molar-refractivity contribution in [2.75, 3.05) is 11.9 Å². The number of hydrogen-bond acceptors (Lipinski definition) is 4. The Morgan fingerprint density at radius 2 is 1.62 bits per heavy atom. The summed E-state index contributed by atoms with van der Waals surface area (Å²) in [6.45, 7) is 0.229. The number of benzene rings is 2. The highest BCUT2D eigenvalue weighted by Gasteiger charge is 2.31. The van der Waals surface area contributed by atoms with Gasteiger partial charge in [0.2, 0.25) is 0 Å². The summed E-state index contributed by atoms with van der Waals surface area (Å²) in [4.78, 5) is 24.2. The van der Waals surface area contributed by atoms with Crippen molar-refractivity contribution in [3.63, 3.8) is 0 Å². The second-order valence-corrected chi connectivity index (χ2v) is 8.48. The topological polar surface area (TPSA) is 75.6 Å². The highest BCUT2D eigenvalue weighted by molar-refractivity contribution is 7.18. The molecular weight excluding hydrogens is 386 g/mol. The molecule has 1 heterocycles. The number of fused-ring (bicyclic) bond motifs is 3. The summed E-state index contributed by atoms with van der Waals surface area (Å²) in [5, 5.41) is 12.6. The van der Waals surface area contributed by atoms with Gasteiger partial charge in [0.1, 0.15) is 11.5 Å². The number of anilines is 1. The summed E-state index contributed by atoms with van der Waals surface area (Å²) in [6, 6.07) is 18.1. The van der Waals surface area contributed by atoms with E-state index in [4.69, 9.17) is 4.74 Å². The summed E-state index contributed by atoms with van der Waals surface area (Å²) in [7, 11) is 0. The van der Waals surface area contributed by atoms with Crippen LogP contribution < -0.4 is 5.32 Å². The minimum absolute atomic E-state index is 0.00640. The van der Waals surface area contributed by atoms with Crippen LogP contribution >= 0.6 is 11.3 Å². The van der Waals surface area contributed by atoms with Gasteiger partial charge in [0.15, 0.2) is 0 Å². The van der Waals surface area contributed by atoms with E-state index in [1.807, 2.05) is 24.3 Å². The van der Waals surface area contributed by atoms with Gasteiger partial charge in [-0.05, 0) is 52.6 Å². The van der Waals surface area contributed by atoms with Crippen molar-refractivity contribution in [3.8, 4) is 11.1 Å². The molecule has 1 saturated carbocycles. The second-order valence-electron chi connectivity index (χ2n) is 7.43. The number of hydrogen-bond donors (Lipinski definition) is 2. The molecule has 0 atom stereocenters. The molecule has 0 saturated heterocycles. The fourth-order valence-corrected chi connectivity index (χ4v) is 5.04. The van der Waals surface area contributed by atoms with Crippen molar-refractivity contribution < 1.29 is 19.4 Å². The summed E-state index contributed by atoms with van der Waals surface area (Å²) in [6.07, 6.45) is 1.44. The molecule has 0 radical (unpaired) electrons. The van der Waals surface area contributed by atoms with Crippen molar-refractivity contribution in [1.29, 1.82) is 0 Å². The van der Waals surface area contributed by atoms with E-state index in [-0.39, 0.29) is 12.5 Å². The van der Waals surface area contributed by atoms with Gasteiger partial charge in [-0.2, -0.15) is 0 Å². The van der Waals surface area contributed by atoms with Crippen LogP contribution in [0, 0.1) is 0 Å². The van der Waals surface area contributed by atoms with Gasteiger partial charge in [-0.3, -0.25) is 5.32 Å². The maximum Gasteiger partial charge on any atom is 0.412 e. The molecule has 0 bridgehead atoms. The lowest BCUT2D eigenvalue weighted by molar-refractivity contribution is 0.0701. The first-order valence-corrected chi connectivity index (χ1v) is 10.4. The van der Waals surface area contributed by atoms with Crippen LogP contribution in [-0.4, -0.2) is 23.8 Å². The maximum absolute atomic E-state index is 12.4. The smallest absolute Gasteiger partial charge is 0.412 e. The molecule has 29 heavy (non-hydrogen) atoms. The van der Waals surface area contributed by atoms with Gasteiger partial charge in [-0.1, -0.05) is 48.5 Å². The highest BCUT2D eigenvalue weighted by Crippen LogP contribution is 2.46. The van der Waals surface area contributed by atoms with Gasteiger partial charge >= 0.3 is 12.1 Å². The van der Waals surface area contributed by atoms with E-state index >= 15 is 0 Å². The Bertz CT molecular complexity index is 1070. The number of rotatable bonds is 5. The van der Waals surface area contributed by atoms with Gasteiger partial charge in [-0.25, -0.2) is 9.59 Å². The Labute approximate surface area is 172 Å². The maximum atomic E-state index is 12.4. The highest BCUT2D eigenvalue weighted by atomic mass is 32.1. The van der Waals surface area contributed by atoms with Crippen LogP contribution in [0.25, 0.3) is 11.1 Å². The number of aromatic carboxylic acids is 1. The van der Waals surface area contributed by atoms with Crippen molar-refractivity contribution in [1.82, 2.24) is 0 Å². The Morgan fingerprint density at radius 1 is 1.00 bits per heavy atom. The van der Waals surface area contributed by atoms with Crippen LogP contribution in [-0.2, 0) is 4.74 Å². The molecule has 2 aliphatic carbocycles. The first kappa shape index (κ1) is 17.9. The molecule has 3 aromatic rings. The first-order valence-electron chi connectivity index (χ1n) is 9.61. The van der Waals surface area contributed by atoms with Gasteiger partial charge in [-0.15, -0.1) is 11.3 Å². The number of carboxylic acids is 1. The molecule has 5 nitrogen and oxygen atoms in total. The van der Waals surface area contributed by atoms with Crippen LogP contribution in [0.2, 0.25) is 0 Å². The molecule has 2 N–H and O–H groups in total. The Kier molecular flexibility index (Phi) is 4.36. The normalized spacial score (nSPS) is 14.9. The number of carbonyl (C=O) groups excluding carboxylic acids is 1. The quantitative estimate of drug-likeness (QED) is 0.572. The third-order valence-corrected chi connectivity index (χ3v) is 6.60. The van der Waals surface area contributed by atoms with Crippen molar-refractivity contribution in [2.24, 2.45) is 0 Å². The summed E-state index contributed by atoms with van der Waals surface area (Å²) >= 11 is 1.09. The van der Waals surface area contributed by atoms with Crippen LogP contribution in [0.15, 0.2) is 54.6 Å². The third-order valence-electron chi connectivity index (χ3n) is 5.54. The van der Waals surface area contributed by atoms with E-state index in [1.165, 1.54) is 11.1 Å². The predicted molar refractivity (Wildman–Crippen MR) is 112 cm³/mol. The summed E-state index contributed by atoms with van der Waals surface area (Å²) < 4.78 is 5.54. The fraction of sp³-hybridized carbons (Fsp3) is 0.217. The third kappa shape index (κ3) is 3.29. The largest absolute Gasteiger partial charge is 0.477 e. The van der Waals surface area contributed by atoms with Crippen molar-refractivity contribution in [3.05, 3.63) is 76.2 Å². The van der Waals surface area contributed by atoms with Crippen molar-refractivity contribution >= 4 is 28.4 Å². The van der Waals surface area contributed by atoms with E-state index in [9.17, 15) is 14.7 Å². The molecule has 146 valence electrons. The molecular formula is C23H19NO4S. The zero-order chi connectivity index (χ0) is 20.0. The summed E-state index contributed by atoms with van der Waals surface area (Å²) in [5.74, 6) is -0.652. The Hall–Kier alpha value is -3.12.